The minimum Gasteiger partial charge on any atom is -0.323 e. The van der Waals surface area contributed by atoms with E-state index in [1.807, 2.05) is 19.4 Å². The quantitative estimate of drug-likeness (QED) is 0.788. The van der Waals surface area contributed by atoms with E-state index in [4.69, 9.17) is 5.73 Å². The first-order chi connectivity index (χ1) is 8.15. The molecule has 4 heteroatoms. The average Bonchev–Trinajstić information content (AvgIpc) is 2.69. The molecule has 96 valence electrons. The largest absolute Gasteiger partial charge is 0.323 e. The second kappa shape index (κ2) is 5.19. The van der Waals surface area contributed by atoms with E-state index in [-0.39, 0.29) is 6.04 Å². The van der Waals surface area contributed by atoms with E-state index >= 15 is 0 Å². The first kappa shape index (κ1) is 12.6. The summed E-state index contributed by atoms with van der Waals surface area (Å²) < 4.78 is 1.80. The predicted octanol–water partition coefficient (Wildman–Crippen LogP) is 1.59. The van der Waals surface area contributed by atoms with Gasteiger partial charge in [0.05, 0.1) is 6.20 Å². The molecule has 1 aliphatic rings. The minimum absolute atomic E-state index is 0.0534. The Kier molecular flexibility index (Phi) is 3.84. The molecule has 2 rings (SSSR count). The fraction of sp³-hybridized carbons (Fsp3) is 0.769. The summed E-state index contributed by atoms with van der Waals surface area (Å²) in [5.74, 6) is 0. The molecule has 0 aliphatic heterocycles. The highest BCUT2D eigenvalue weighted by molar-refractivity contribution is 5.09. The van der Waals surface area contributed by atoms with E-state index in [1.165, 1.54) is 25.7 Å². The van der Waals surface area contributed by atoms with Crippen LogP contribution in [0.4, 0.5) is 0 Å². The van der Waals surface area contributed by atoms with Gasteiger partial charge >= 0.3 is 0 Å². The molecule has 3 N–H and O–H groups in total. The van der Waals surface area contributed by atoms with Crippen molar-refractivity contribution in [2.75, 3.05) is 13.1 Å². The zero-order valence-corrected chi connectivity index (χ0v) is 10.9. The molecule has 17 heavy (non-hydrogen) atoms. The van der Waals surface area contributed by atoms with Crippen LogP contribution in [0.2, 0.25) is 0 Å². The normalized spacial score (nSPS) is 19.9. The van der Waals surface area contributed by atoms with Crippen molar-refractivity contribution in [2.24, 2.45) is 18.2 Å². The van der Waals surface area contributed by atoms with E-state index in [0.29, 0.717) is 5.41 Å². The van der Waals surface area contributed by atoms with Crippen molar-refractivity contribution in [3.63, 3.8) is 0 Å². The molecule has 1 saturated carbocycles. The highest BCUT2D eigenvalue weighted by atomic mass is 15.2. The molecule has 1 unspecified atom stereocenters. The molecule has 1 aromatic rings. The van der Waals surface area contributed by atoms with Crippen LogP contribution in [0.3, 0.4) is 0 Å². The number of nitrogens with two attached hydrogens (primary N) is 1. The second-order valence-corrected chi connectivity index (χ2v) is 5.39. The SMILES string of the molecule is CCC1(CNCC(N)c2cnn(C)c2)CCC1. The molecule has 1 fully saturated rings. The van der Waals surface area contributed by atoms with Crippen LogP contribution in [0, 0.1) is 5.41 Å². The number of rotatable bonds is 6. The lowest BCUT2D eigenvalue weighted by molar-refractivity contribution is 0.124. The molecule has 0 saturated heterocycles. The van der Waals surface area contributed by atoms with Gasteiger partial charge in [-0.2, -0.15) is 5.10 Å². The average molecular weight is 236 g/mol. The van der Waals surface area contributed by atoms with Crippen LogP contribution in [-0.4, -0.2) is 22.9 Å². The zero-order chi connectivity index (χ0) is 12.3. The van der Waals surface area contributed by atoms with Gasteiger partial charge in [-0.3, -0.25) is 4.68 Å². The Balaban J connectivity index is 1.75. The summed E-state index contributed by atoms with van der Waals surface area (Å²) in [4.78, 5) is 0. The first-order valence-corrected chi connectivity index (χ1v) is 6.60. The number of aromatic nitrogens is 2. The van der Waals surface area contributed by atoms with Crippen molar-refractivity contribution >= 4 is 0 Å². The highest BCUT2D eigenvalue weighted by Crippen LogP contribution is 2.43. The summed E-state index contributed by atoms with van der Waals surface area (Å²) in [7, 11) is 1.92. The Morgan fingerprint density at radius 3 is 2.82 bits per heavy atom. The van der Waals surface area contributed by atoms with Crippen molar-refractivity contribution in [1.29, 1.82) is 0 Å². The van der Waals surface area contributed by atoms with Gasteiger partial charge in [-0.25, -0.2) is 0 Å². The molecule has 0 aromatic carbocycles. The lowest BCUT2D eigenvalue weighted by Crippen LogP contribution is -2.41. The summed E-state index contributed by atoms with van der Waals surface area (Å²) >= 11 is 0. The Bertz CT molecular complexity index is 349. The molecule has 0 radical (unpaired) electrons. The van der Waals surface area contributed by atoms with E-state index < -0.39 is 0 Å². The van der Waals surface area contributed by atoms with Crippen molar-refractivity contribution in [3.8, 4) is 0 Å². The van der Waals surface area contributed by atoms with Crippen molar-refractivity contribution in [1.82, 2.24) is 15.1 Å². The van der Waals surface area contributed by atoms with Crippen LogP contribution in [-0.2, 0) is 7.05 Å². The van der Waals surface area contributed by atoms with Crippen LogP contribution in [0.15, 0.2) is 12.4 Å². The minimum atomic E-state index is 0.0534. The third-order valence-corrected chi connectivity index (χ3v) is 4.18. The topological polar surface area (TPSA) is 55.9 Å². The third kappa shape index (κ3) is 2.87. The molecular formula is C13H24N4. The van der Waals surface area contributed by atoms with Gasteiger partial charge in [0.25, 0.3) is 0 Å². The van der Waals surface area contributed by atoms with Gasteiger partial charge in [0.1, 0.15) is 0 Å². The molecule has 4 nitrogen and oxygen atoms in total. The van der Waals surface area contributed by atoms with Crippen LogP contribution in [0.1, 0.15) is 44.2 Å². The lowest BCUT2D eigenvalue weighted by Gasteiger charge is -2.41. The Labute approximate surface area is 104 Å². The van der Waals surface area contributed by atoms with Crippen LogP contribution in [0.25, 0.3) is 0 Å². The van der Waals surface area contributed by atoms with E-state index in [9.17, 15) is 0 Å². The smallest absolute Gasteiger partial charge is 0.0537 e. The molecule has 1 aromatic heterocycles. The van der Waals surface area contributed by atoms with Gasteiger partial charge in [-0.1, -0.05) is 13.3 Å². The Morgan fingerprint density at radius 2 is 2.35 bits per heavy atom. The Morgan fingerprint density at radius 1 is 1.59 bits per heavy atom. The van der Waals surface area contributed by atoms with E-state index in [1.54, 1.807) is 4.68 Å². The monoisotopic (exact) mass is 236 g/mol. The van der Waals surface area contributed by atoms with Gasteiger partial charge < -0.3 is 11.1 Å². The second-order valence-electron chi connectivity index (χ2n) is 5.39. The summed E-state index contributed by atoms with van der Waals surface area (Å²) in [5.41, 5.74) is 7.80. The van der Waals surface area contributed by atoms with Gasteiger partial charge in [-0.15, -0.1) is 0 Å². The summed E-state index contributed by atoms with van der Waals surface area (Å²) in [5, 5.41) is 7.67. The van der Waals surface area contributed by atoms with Crippen LogP contribution >= 0.6 is 0 Å². The number of nitrogens with zero attached hydrogens (tertiary/aromatic N) is 2. The van der Waals surface area contributed by atoms with Crippen LogP contribution < -0.4 is 11.1 Å². The maximum absolute atomic E-state index is 6.12. The molecule has 1 atom stereocenters. The van der Waals surface area contributed by atoms with Crippen molar-refractivity contribution in [2.45, 2.75) is 38.6 Å². The fourth-order valence-corrected chi connectivity index (χ4v) is 2.57. The van der Waals surface area contributed by atoms with Crippen molar-refractivity contribution < 1.29 is 0 Å². The summed E-state index contributed by atoms with van der Waals surface area (Å²) in [6.45, 7) is 4.24. The van der Waals surface area contributed by atoms with Gasteiger partial charge in [-0.05, 0) is 24.7 Å². The number of hydrogen-bond donors (Lipinski definition) is 2. The van der Waals surface area contributed by atoms with Gasteiger partial charge in [0, 0.05) is 37.9 Å². The van der Waals surface area contributed by atoms with E-state index in [0.717, 1.165) is 18.7 Å². The molecule has 1 aliphatic carbocycles. The molecule has 0 spiro atoms. The number of hydrogen-bond acceptors (Lipinski definition) is 3. The van der Waals surface area contributed by atoms with Crippen LogP contribution in [0.5, 0.6) is 0 Å². The van der Waals surface area contributed by atoms with Gasteiger partial charge in [0.2, 0.25) is 0 Å². The van der Waals surface area contributed by atoms with Gasteiger partial charge in [0.15, 0.2) is 0 Å². The van der Waals surface area contributed by atoms with Crippen molar-refractivity contribution in [3.05, 3.63) is 18.0 Å². The van der Waals surface area contributed by atoms with E-state index in [2.05, 4.69) is 17.3 Å². The molecule has 1 heterocycles. The summed E-state index contributed by atoms with van der Waals surface area (Å²) in [6, 6.07) is 0.0534. The third-order valence-electron chi connectivity index (χ3n) is 4.18. The predicted molar refractivity (Wildman–Crippen MR) is 69.6 cm³/mol. The first-order valence-electron chi connectivity index (χ1n) is 6.60. The maximum atomic E-state index is 6.12. The standard InChI is InChI=1S/C13H24N4/c1-3-13(5-4-6-13)10-15-8-12(14)11-7-16-17(2)9-11/h7,9,12,15H,3-6,8,10,14H2,1-2H3. The lowest BCUT2D eigenvalue weighted by atomic mass is 9.67. The Hall–Kier alpha value is -0.870. The summed E-state index contributed by atoms with van der Waals surface area (Å²) in [6.07, 6.45) is 9.26. The highest BCUT2D eigenvalue weighted by Gasteiger charge is 2.34. The zero-order valence-electron chi connectivity index (χ0n) is 10.9. The fourth-order valence-electron chi connectivity index (χ4n) is 2.57. The molecule has 0 bridgehead atoms. The molecule has 0 amide bonds. The number of nitrogens with one attached hydrogen (secondary N) is 1. The number of aryl methyl sites for hydroxylation is 1. The maximum Gasteiger partial charge on any atom is 0.0537 e. The molecular weight excluding hydrogens is 212 g/mol.